The van der Waals surface area contributed by atoms with Crippen LogP contribution in [0.1, 0.15) is 90.4 Å². The molecular formula is C24H37N3O2. The van der Waals surface area contributed by atoms with Crippen molar-refractivity contribution in [3.63, 3.8) is 0 Å². The first-order valence-corrected chi connectivity index (χ1v) is 11.3. The Labute approximate surface area is 175 Å². The predicted octanol–water partition coefficient (Wildman–Crippen LogP) is 5.37. The minimum Gasteiger partial charge on any atom is -0.333 e. The standard InChI is InChI=1S/C24H37N3O2/c1-5-7-9-11-17-22(28)27(18-14-10-8-6-2)19(3)23-25-21-16-13-12-15-20(21)24(29)26(23)4/h12-13,15-16,19H,5-11,14,17-18H2,1-4H3. The maximum Gasteiger partial charge on any atom is 0.261 e. The Kier molecular flexibility index (Phi) is 9.36. The highest BCUT2D eigenvalue weighted by Gasteiger charge is 2.24. The lowest BCUT2D eigenvalue weighted by molar-refractivity contribution is -0.133. The van der Waals surface area contributed by atoms with E-state index in [0.29, 0.717) is 23.1 Å². The van der Waals surface area contributed by atoms with Crippen molar-refractivity contribution in [1.29, 1.82) is 0 Å². The minimum absolute atomic E-state index is 0.0567. The maximum atomic E-state index is 13.1. The molecule has 0 aliphatic heterocycles. The van der Waals surface area contributed by atoms with Crippen LogP contribution in [0.4, 0.5) is 0 Å². The number of benzene rings is 1. The third kappa shape index (κ3) is 6.15. The van der Waals surface area contributed by atoms with E-state index >= 15 is 0 Å². The number of aromatic nitrogens is 2. The number of carbonyl (C=O) groups is 1. The van der Waals surface area contributed by atoms with Crippen LogP contribution in [-0.2, 0) is 11.8 Å². The fourth-order valence-electron chi connectivity index (χ4n) is 3.84. The quantitative estimate of drug-likeness (QED) is 0.451. The molecule has 1 amide bonds. The van der Waals surface area contributed by atoms with Crippen molar-refractivity contribution in [2.24, 2.45) is 7.05 Å². The van der Waals surface area contributed by atoms with Gasteiger partial charge in [-0.25, -0.2) is 4.98 Å². The Balaban J connectivity index is 2.26. The first kappa shape index (κ1) is 23.1. The summed E-state index contributed by atoms with van der Waals surface area (Å²) >= 11 is 0. The summed E-state index contributed by atoms with van der Waals surface area (Å²) in [6.07, 6.45) is 9.37. The lowest BCUT2D eigenvalue weighted by Crippen LogP contribution is -2.37. The molecule has 0 radical (unpaired) electrons. The zero-order valence-corrected chi connectivity index (χ0v) is 18.6. The van der Waals surface area contributed by atoms with Crippen molar-refractivity contribution in [3.05, 3.63) is 40.4 Å². The first-order valence-electron chi connectivity index (χ1n) is 11.3. The molecule has 2 aromatic rings. The molecule has 1 heterocycles. The number of hydrogen-bond acceptors (Lipinski definition) is 3. The number of carbonyl (C=O) groups excluding carboxylic acids is 1. The van der Waals surface area contributed by atoms with Gasteiger partial charge in [-0.3, -0.25) is 14.2 Å². The largest absolute Gasteiger partial charge is 0.333 e. The van der Waals surface area contributed by atoms with Gasteiger partial charge >= 0.3 is 0 Å². The first-order chi connectivity index (χ1) is 14.0. The Morgan fingerprint density at radius 3 is 2.38 bits per heavy atom. The summed E-state index contributed by atoms with van der Waals surface area (Å²) in [5.74, 6) is 0.832. The van der Waals surface area contributed by atoms with Gasteiger partial charge < -0.3 is 4.90 Å². The topological polar surface area (TPSA) is 55.2 Å². The monoisotopic (exact) mass is 399 g/mol. The van der Waals surface area contributed by atoms with Crippen LogP contribution >= 0.6 is 0 Å². The van der Waals surface area contributed by atoms with E-state index in [1.165, 1.54) is 19.3 Å². The SMILES string of the molecule is CCCCCCC(=O)N(CCCCCC)C(C)c1nc2ccccc2c(=O)n1C. The number of fused-ring (bicyclic) bond motifs is 1. The number of amides is 1. The van der Waals surface area contributed by atoms with Crippen molar-refractivity contribution >= 4 is 16.8 Å². The summed E-state index contributed by atoms with van der Waals surface area (Å²) in [7, 11) is 1.76. The number of hydrogen-bond donors (Lipinski definition) is 0. The molecule has 0 fully saturated rings. The lowest BCUT2D eigenvalue weighted by Gasteiger charge is -2.30. The van der Waals surface area contributed by atoms with Crippen LogP contribution in [0.2, 0.25) is 0 Å². The van der Waals surface area contributed by atoms with E-state index in [1.54, 1.807) is 17.7 Å². The van der Waals surface area contributed by atoms with Crippen LogP contribution in [0.3, 0.4) is 0 Å². The van der Waals surface area contributed by atoms with Crippen molar-refractivity contribution in [2.75, 3.05) is 6.54 Å². The van der Waals surface area contributed by atoms with E-state index in [0.717, 1.165) is 38.6 Å². The van der Waals surface area contributed by atoms with Crippen LogP contribution < -0.4 is 5.56 Å². The average molecular weight is 400 g/mol. The smallest absolute Gasteiger partial charge is 0.261 e. The molecule has 0 aliphatic carbocycles. The van der Waals surface area contributed by atoms with E-state index < -0.39 is 0 Å². The Hall–Kier alpha value is -2.17. The summed E-state index contributed by atoms with van der Waals surface area (Å²) in [6, 6.07) is 7.20. The van der Waals surface area contributed by atoms with Crippen LogP contribution in [-0.4, -0.2) is 26.9 Å². The zero-order chi connectivity index (χ0) is 21.2. The van der Waals surface area contributed by atoms with Gasteiger partial charge in [0.1, 0.15) is 5.82 Å². The molecule has 2 rings (SSSR count). The molecule has 160 valence electrons. The summed E-state index contributed by atoms with van der Waals surface area (Å²) in [6.45, 7) is 7.08. The van der Waals surface area contributed by atoms with Gasteiger partial charge in [0.2, 0.25) is 5.91 Å². The predicted molar refractivity (Wildman–Crippen MR) is 120 cm³/mol. The highest BCUT2D eigenvalue weighted by atomic mass is 16.2. The molecule has 1 aromatic carbocycles. The zero-order valence-electron chi connectivity index (χ0n) is 18.6. The second kappa shape index (κ2) is 11.7. The summed E-state index contributed by atoms with van der Waals surface area (Å²) in [5, 5.41) is 0.617. The van der Waals surface area contributed by atoms with E-state index in [4.69, 9.17) is 4.98 Å². The maximum absolute atomic E-state index is 13.1. The molecule has 29 heavy (non-hydrogen) atoms. The molecule has 1 atom stereocenters. The number of nitrogens with zero attached hydrogens (tertiary/aromatic N) is 3. The van der Waals surface area contributed by atoms with Gasteiger partial charge in [-0.15, -0.1) is 0 Å². The number of unbranched alkanes of at least 4 members (excludes halogenated alkanes) is 6. The fourth-order valence-corrected chi connectivity index (χ4v) is 3.84. The third-order valence-corrected chi connectivity index (χ3v) is 5.68. The van der Waals surface area contributed by atoms with Gasteiger partial charge in [0.25, 0.3) is 5.56 Å². The van der Waals surface area contributed by atoms with Crippen molar-refractivity contribution < 1.29 is 4.79 Å². The molecule has 1 unspecified atom stereocenters. The van der Waals surface area contributed by atoms with Gasteiger partial charge in [0, 0.05) is 20.0 Å². The Morgan fingerprint density at radius 2 is 1.69 bits per heavy atom. The second-order valence-corrected chi connectivity index (χ2v) is 7.99. The Bertz CT molecular complexity index is 844. The molecule has 5 heteroatoms. The lowest BCUT2D eigenvalue weighted by atomic mass is 10.1. The highest BCUT2D eigenvalue weighted by molar-refractivity contribution is 5.78. The van der Waals surface area contributed by atoms with Crippen LogP contribution in [0.25, 0.3) is 10.9 Å². The van der Waals surface area contributed by atoms with E-state index in [1.807, 2.05) is 30.0 Å². The second-order valence-electron chi connectivity index (χ2n) is 7.99. The summed E-state index contributed by atoms with van der Waals surface area (Å²) < 4.78 is 1.61. The molecule has 0 saturated carbocycles. The molecule has 0 aliphatic rings. The van der Waals surface area contributed by atoms with Crippen LogP contribution in [0.15, 0.2) is 29.1 Å². The highest BCUT2D eigenvalue weighted by Crippen LogP contribution is 2.22. The van der Waals surface area contributed by atoms with Gasteiger partial charge in [0.05, 0.1) is 16.9 Å². The minimum atomic E-state index is -0.224. The Morgan fingerprint density at radius 1 is 1.03 bits per heavy atom. The summed E-state index contributed by atoms with van der Waals surface area (Å²) in [4.78, 5) is 32.6. The molecule has 5 nitrogen and oxygen atoms in total. The molecule has 1 aromatic heterocycles. The molecule has 0 saturated heterocycles. The number of para-hydroxylation sites is 1. The normalized spacial score (nSPS) is 12.3. The molecular weight excluding hydrogens is 362 g/mol. The van der Waals surface area contributed by atoms with E-state index in [2.05, 4.69) is 13.8 Å². The van der Waals surface area contributed by atoms with Gasteiger partial charge in [-0.2, -0.15) is 0 Å². The average Bonchev–Trinajstić information content (AvgIpc) is 2.73. The molecule has 0 N–H and O–H groups in total. The van der Waals surface area contributed by atoms with Crippen molar-refractivity contribution in [3.8, 4) is 0 Å². The van der Waals surface area contributed by atoms with E-state index in [9.17, 15) is 9.59 Å². The van der Waals surface area contributed by atoms with Gasteiger partial charge in [0.15, 0.2) is 0 Å². The van der Waals surface area contributed by atoms with E-state index in [-0.39, 0.29) is 17.5 Å². The number of rotatable bonds is 12. The molecule has 0 bridgehead atoms. The fraction of sp³-hybridized carbons (Fsp3) is 0.625. The van der Waals surface area contributed by atoms with Gasteiger partial charge in [-0.05, 0) is 31.9 Å². The van der Waals surface area contributed by atoms with Gasteiger partial charge in [-0.1, -0.05) is 64.5 Å². The van der Waals surface area contributed by atoms with Crippen molar-refractivity contribution in [1.82, 2.24) is 14.5 Å². The van der Waals surface area contributed by atoms with Crippen LogP contribution in [0.5, 0.6) is 0 Å². The summed E-state index contributed by atoms with van der Waals surface area (Å²) in [5.41, 5.74) is 0.637. The third-order valence-electron chi connectivity index (χ3n) is 5.68. The van der Waals surface area contributed by atoms with Crippen molar-refractivity contribution in [2.45, 2.75) is 84.6 Å². The van der Waals surface area contributed by atoms with Crippen LogP contribution in [0, 0.1) is 0 Å². The molecule has 0 spiro atoms.